The van der Waals surface area contributed by atoms with Crippen LogP contribution < -0.4 is 16.6 Å². The Kier molecular flexibility index (Phi) is 14.2. The van der Waals surface area contributed by atoms with Gasteiger partial charge in [0.1, 0.15) is 0 Å². The molecule has 2 fully saturated rings. The highest BCUT2D eigenvalue weighted by molar-refractivity contribution is 4.97. The molecule has 2 aliphatic rings. The Morgan fingerprint density at radius 1 is 1.17 bits per heavy atom. The van der Waals surface area contributed by atoms with E-state index < -0.39 is 0 Å². The number of allylic oxidation sites excluding steroid dienone is 1. The predicted octanol–water partition coefficient (Wildman–Crippen LogP) is 1.57. The molecule has 0 aromatic carbocycles. The van der Waals surface area contributed by atoms with Crippen molar-refractivity contribution in [3.8, 4) is 0 Å². The SMILES string of the molecule is CC.CC/C(=C/NC1CCN(C2CCOCC2)CC1)NN.CO. The van der Waals surface area contributed by atoms with Crippen LogP contribution in [0.4, 0.5) is 0 Å². The highest BCUT2D eigenvalue weighted by Gasteiger charge is 2.25. The van der Waals surface area contributed by atoms with Crippen LogP contribution in [0, 0.1) is 0 Å². The smallest absolute Gasteiger partial charge is 0.0480 e. The summed E-state index contributed by atoms with van der Waals surface area (Å²) in [5.74, 6) is 5.44. The molecule has 0 bridgehead atoms. The van der Waals surface area contributed by atoms with Crippen molar-refractivity contribution in [2.45, 2.75) is 65.0 Å². The minimum Gasteiger partial charge on any atom is -0.400 e. The number of nitrogens with zero attached hydrogens (tertiary/aromatic N) is 1. The zero-order valence-corrected chi connectivity index (χ0v) is 15.5. The van der Waals surface area contributed by atoms with Crippen LogP contribution in [0.2, 0.25) is 0 Å². The van der Waals surface area contributed by atoms with E-state index in [2.05, 4.69) is 22.6 Å². The van der Waals surface area contributed by atoms with Crippen molar-refractivity contribution in [3.05, 3.63) is 11.9 Å². The number of aliphatic hydroxyl groups is 1. The predicted molar refractivity (Wildman–Crippen MR) is 96.8 cm³/mol. The number of hydrogen-bond donors (Lipinski definition) is 4. The third-order valence-electron chi connectivity index (χ3n) is 4.30. The van der Waals surface area contributed by atoms with Gasteiger partial charge in [-0.15, -0.1) is 0 Å². The quantitative estimate of drug-likeness (QED) is 0.452. The lowest BCUT2D eigenvalue weighted by atomic mass is 10.00. The number of hydrazine groups is 1. The summed E-state index contributed by atoms with van der Waals surface area (Å²) in [5.41, 5.74) is 3.79. The molecule has 2 aliphatic heterocycles. The maximum absolute atomic E-state index is 7.00. The molecule has 2 rings (SSSR count). The number of hydrogen-bond acceptors (Lipinski definition) is 6. The second-order valence-electron chi connectivity index (χ2n) is 5.49. The molecule has 0 amide bonds. The summed E-state index contributed by atoms with van der Waals surface area (Å²) in [6.45, 7) is 10.4. The topological polar surface area (TPSA) is 82.8 Å². The van der Waals surface area contributed by atoms with Crippen LogP contribution in [0.25, 0.3) is 0 Å². The molecular weight excluding hydrogens is 292 g/mol. The Balaban J connectivity index is 0.00000112. The fraction of sp³-hybridized carbons (Fsp3) is 0.882. The van der Waals surface area contributed by atoms with E-state index in [1.807, 2.05) is 20.0 Å². The van der Waals surface area contributed by atoms with Gasteiger partial charge in [0, 0.05) is 57.4 Å². The van der Waals surface area contributed by atoms with Gasteiger partial charge in [-0.3, -0.25) is 5.84 Å². The molecule has 6 heteroatoms. The molecule has 23 heavy (non-hydrogen) atoms. The molecule has 0 saturated carbocycles. The van der Waals surface area contributed by atoms with E-state index in [1.54, 1.807) is 0 Å². The first-order valence-electron chi connectivity index (χ1n) is 9.01. The summed E-state index contributed by atoms with van der Waals surface area (Å²) in [5, 5.41) is 10.5. The van der Waals surface area contributed by atoms with Crippen LogP contribution in [0.5, 0.6) is 0 Å². The number of nitrogens with two attached hydrogens (primary N) is 1. The molecule has 0 atom stereocenters. The lowest BCUT2D eigenvalue weighted by Gasteiger charge is -2.39. The fourth-order valence-corrected chi connectivity index (χ4v) is 2.95. The summed E-state index contributed by atoms with van der Waals surface area (Å²) >= 11 is 0. The van der Waals surface area contributed by atoms with Gasteiger partial charge < -0.3 is 25.5 Å². The van der Waals surface area contributed by atoms with Gasteiger partial charge in [0.15, 0.2) is 0 Å². The maximum Gasteiger partial charge on any atom is 0.0480 e. The zero-order valence-electron chi connectivity index (χ0n) is 15.5. The monoisotopic (exact) mass is 330 g/mol. The minimum atomic E-state index is 0.589. The molecular formula is C17H38N4O2. The number of nitrogens with one attached hydrogen (secondary N) is 2. The van der Waals surface area contributed by atoms with Crippen LogP contribution in [0.3, 0.4) is 0 Å². The van der Waals surface area contributed by atoms with Crippen LogP contribution in [0.1, 0.15) is 52.9 Å². The van der Waals surface area contributed by atoms with E-state index in [0.29, 0.717) is 6.04 Å². The van der Waals surface area contributed by atoms with Gasteiger partial charge in [-0.1, -0.05) is 20.8 Å². The van der Waals surface area contributed by atoms with Crippen molar-refractivity contribution in [2.75, 3.05) is 33.4 Å². The maximum atomic E-state index is 7.00. The molecule has 5 N–H and O–H groups in total. The van der Waals surface area contributed by atoms with Gasteiger partial charge in [0.25, 0.3) is 0 Å². The lowest BCUT2D eigenvalue weighted by Crippen LogP contribution is -2.47. The average molecular weight is 331 g/mol. The molecule has 2 heterocycles. The summed E-state index contributed by atoms with van der Waals surface area (Å²) < 4.78 is 5.44. The third-order valence-corrected chi connectivity index (χ3v) is 4.30. The summed E-state index contributed by atoms with van der Waals surface area (Å²) in [4.78, 5) is 2.65. The Morgan fingerprint density at radius 3 is 2.22 bits per heavy atom. The highest BCUT2D eigenvalue weighted by Crippen LogP contribution is 2.19. The Morgan fingerprint density at radius 2 is 1.74 bits per heavy atom. The van der Waals surface area contributed by atoms with E-state index in [4.69, 9.17) is 15.7 Å². The second kappa shape index (κ2) is 14.8. The van der Waals surface area contributed by atoms with Crippen LogP contribution >= 0.6 is 0 Å². The standard InChI is InChI=1S/C14H28N4O.C2H6.CH4O/c1-2-12(17-15)11-16-13-3-7-18(8-4-13)14-5-9-19-10-6-14;2*1-2/h11,13-14,16-17H,2-10,15H2,1H3;1-2H3;2H,1H3/b12-11-;;. The molecule has 0 aromatic rings. The van der Waals surface area contributed by atoms with Crippen molar-refractivity contribution < 1.29 is 9.84 Å². The Labute approximate surface area is 142 Å². The lowest BCUT2D eigenvalue weighted by molar-refractivity contribution is 0.0244. The van der Waals surface area contributed by atoms with Crippen molar-refractivity contribution >= 4 is 0 Å². The number of rotatable bonds is 5. The molecule has 138 valence electrons. The van der Waals surface area contributed by atoms with Gasteiger partial charge in [-0.05, 0) is 32.1 Å². The van der Waals surface area contributed by atoms with Crippen LogP contribution in [-0.2, 0) is 4.74 Å². The molecule has 0 unspecified atom stereocenters. The first-order chi connectivity index (χ1) is 11.3. The number of piperidine rings is 1. The van der Waals surface area contributed by atoms with Crippen molar-refractivity contribution in [2.24, 2.45) is 5.84 Å². The molecule has 2 saturated heterocycles. The van der Waals surface area contributed by atoms with Gasteiger partial charge in [0.05, 0.1) is 0 Å². The first-order valence-corrected chi connectivity index (χ1v) is 9.01. The Hall–Kier alpha value is -0.820. The van der Waals surface area contributed by atoms with Crippen molar-refractivity contribution in [3.63, 3.8) is 0 Å². The average Bonchev–Trinajstić information content (AvgIpc) is 2.67. The van der Waals surface area contributed by atoms with Crippen molar-refractivity contribution in [1.29, 1.82) is 0 Å². The molecule has 0 aliphatic carbocycles. The van der Waals surface area contributed by atoms with E-state index in [1.165, 1.54) is 38.8 Å². The molecule has 0 aromatic heterocycles. The minimum absolute atomic E-state index is 0.589. The Bertz CT molecular complexity index is 280. The van der Waals surface area contributed by atoms with Gasteiger partial charge in [-0.2, -0.15) is 0 Å². The largest absolute Gasteiger partial charge is 0.400 e. The number of aliphatic hydroxyl groups excluding tert-OH is 1. The summed E-state index contributed by atoms with van der Waals surface area (Å²) in [6, 6.07) is 1.34. The first kappa shape index (κ1) is 22.2. The highest BCUT2D eigenvalue weighted by atomic mass is 16.5. The van der Waals surface area contributed by atoms with Crippen LogP contribution in [-0.4, -0.2) is 55.5 Å². The molecule has 6 nitrogen and oxygen atoms in total. The third kappa shape index (κ3) is 8.55. The van der Waals surface area contributed by atoms with E-state index in [0.717, 1.165) is 38.5 Å². The van der Waals surface area contributed by atoms with Gasteiger partial charge in [-0.25, -0.2) is 0 Å². The fourth-order valence-electron chi connectivity index (χ4n) is 2.95. The zero-order chi connectivity index (χ0) is 17.5. The molecule has 0 radical (unpaired) electrons. The molecule has 0 spiro atoms. The number of ether oxygens (including phenoxy) is 1. The van der Waals surface area contributed by atoms with E-state index in [-0.39, 0.29) is 0 Å². The summed E-state index contributed by atoms with van der Waals surface area (Å²) in [6.07, 6.45) is 7.81. The van der Waals surface area contributed by atoms with Gasteiger partial charge in [0.2, 0.25) is 0 Å². The van der Waals surface area contributed by atoms with Crippen molar-refractivity contribution in [1.82, 2.24) is 15.6 Å². The number of likely N-dealkylation sites (tertiary alicyclic amines) is 1. The van der Waals surface area contributed by atoms with E-state index in [9.17, 15) is 0 Å². The van der Waals surface area contributed by atoms with Gasteiger partial charge >= 0.3 is 0 Å². The second-order valence-corrected chi connectivity index (χ2v) is 5.49. The van der Waals surface area contributed by atoms with E-state index >= 15 is 0 Å². The normalized spacial score (nSPS) is 20.7. The summed E-state index contributed by atoms with van der Waals surface area (Å²) in [7, 11) is 1.00. The van der Waals surface area contributed by atoms with Crippen LogP contribution in [0.15, 0.2) is 11.9 Å².